The second-order valence-corrected chi connectivity index (χ2v) is 6.03. The Morgan fingerprint density at radius 3 is 2.52 bits per heavy atom. The minimum atomic E-state index is -0.364. The molecule has 0 aliphatic carbocycles. The third-order valence-corrected chi connectivity index (χ3v) is 4.19. The van der Waals surface area contributed by atoms with E-state index in [0.29, 0.717) is 23.6 Å². The summed E-state index contributed by atoms with van der Waals surface area (Å²) in [4.78, 5) is 12.8. The van der Waals surface area contributed by atoms with Crippen LogP contribution in [-0.2, 0) is 6.54 Å². The number of nitrogens with one attached hydrogen (secondary N) is 1. The molecule has 2 heterocycles. The Hall–Kier alpha value is -3.67. The molecule has 4 aromatic rings. The third-order valence-electron chi connectivity index (χ3n) is 4.19. The Morgan fingerprint density at radius 2 is 1.78 bits per heavy atom. The standard InChI is InChI=1S/C21H17FN4O/c22-17-9-6-10-18(13-17)26-21(25-11-4-5-12-25)19(15-24-26)20(27)23-14-16-7-2-1-3-8-16/h1-13,15H,14H2,(H,23,27). The van der Waals surface area contributed by atoms with Gasteiger partial charge in [-0.15, -0.1) is 0 Å². The Bertz CT molecular complexity index is 1060. The molecule has 2 aromatic heterocycles. The molecule has 0 bridgehead atoms. The van der Waals surface area contributed by atoms with Crippen LogP contribution >= 0.6 is 0 Å². The van der Waals surface area contributed by atoms with Crippen LogP contribution in [0.4, 0.5) is 4.39 Å². The number of benzene rings is 2. The zero-order valence-electron chi connectivity index (χ0n) is 14.4. The van der Waals surface area contributed by atoms with Gasteiger partial charge < -0.3 is 9.88 Å². The van der Waals surface area contributed by atoms with Crippen LogP contribution in [0.5, 0.6) is 0 Å². The van der Waals surface area contributed by atoms with Gasteiger partial charge in [0.25, 0.3) is 5.91 Å². The molecule has 4 rings (SSSR count). The highest BCUT2D eigenvalue weighted by Gasteiger charge is 2.20. The number of nitrogens with zero attached hydrogens (tertiary/aromatic N) is 3. The molecule has 0 saturated carbocycles. The van der Waals surface area contributed by atoms with Gasteiger partial charge in [0.1, 0.15) is 11.4 Å². The molecule has 1 N–H and O–H groups in total. The lowest BCUT2D eigenvalue weighted by atomic mass is 10.2. The summed E-state index contributed by atoms with van der Waals surface area (Å²) in [5, 5.41) is 7.24. The fraction of sp³-hybridized carbons (Fsp3) is 0.0476. The number of halogens is 1. The first kappa shape index (κ1) is 16.8. The second kappa shape index (κ2) is 7.29. The van der Waals surface area contributed by atoms with Crippen LogP contribution in [-0.4, -0.2) is 20.3 Å². The van der Waals surface area contributed by atoms with Gasteiger partial charge in [-0.2, -0.15) is 5.10 Å². The molecule has 0 atom stereocenters. The van der Waals surface area contributed by atoms with E-state index in [-0.39, 0.29) is 11.7 Å². The van der Waals surface area contributed by atoms with Crippen molar-refractivity contribution < 1.29 is 9.18 Å². The summed E-state index contributed by atoms with van der Waals surface area (Å²) in [6.45, 7) is 0.413. The maximum Gasteiger partial charge on any atom is 0.256 e. The lowest BCUT2D eigenvalue weighted by Gasteiger charge is -2.11. The summed E-state index contributed by atoms with van der Waals surface area (Å²) < 4.78 is 17.0. The summed E-state index contributed by atoms with van der Waals surface area (Å²) in [5.74, 6) is -0.0575. The van der Waals surface area contributed by atoms with Gasteiger partial charge in [-0.1, -0.05) is 36.4 Å². The lowest BCUT2D eigenvalue weighted by molar-refractivity contribution is 0.0951. The van der Waals surface area contributed by atoms with E-state index in [0.717, 1.165) is 5.56 Å². The SMILES string of the molecule is O=C(NCc1ccccc1)c1cnn(-c2cccc(F)c2)c1-n1cccc1. The molecule has 5 nitrogen and oxygen atoms in total. The van der Waals surface area contributed by atoms with Crippen LogP contribution in [0.3, 0.4) is 0 Å². The van der Waals surface area contributed by atoms with Crippen LogP contribution < -0.4 is 5.32 Å². The number of carbonyl (C=O) groups is 1. The molecule has 0 aliphatic heterocycles. The minimum absolute atomic E-state index is 0.245. The number of aromatic nitrogens is 3. The van der Waals surface area contributed by atoms with Gasteiger partial charge in [-0.3, -0.25) is 4.79 Å². The maximum atomic E-state index is 13.7. The second-order valence-electron chi connectivity index (χ2n) is 6.03. The van der Waals surface area contributed by atoms with Gasteiger partial charge in [0.2, 0.25) is 0 Å². The molecular weight excluding hydrogens is 343 g/mol. The first-order valence-electron chi connectivity index (χ1n) is 8.52. The van der Waals surface area contributed by atoms with Gasteiger partial charge in [-0.05, 0) is 35.9 Å². The third kappa shape index (κ3) is 3.50. The van der Waals surface area contributed by atoms with E-state index >= 15 is 0 Å². The van der Waals surface area contributed by atoms with Gasteiger partial charge in [0, 0.05) is 18.9 Å². The van der Waals surface area contributed by atoms with Crippen molar-refractivity contribution >= 4 is 5.91 Å². The van der Waals surface area contributed by atoms with Crippen molar-refractivity contribution in [3.8, 4) is 11.5 Å². The molecule has 2 aromatic carbocycles. The first-order valence-corrected chi connectivity index (χ1v) is 8.52. The normalized spacial score (nSPS) is 10.7. The summed E-state index contributed by atoms with van der Waals surface area (Å²) in [5.41, 5.74) is 1.96. The number of hydrogen-bond acceptors (Lipinski definition) is 2. The van der Waals surface area contributed by atoms with E-state index in [1.807, 2.05) is 54.9 Å². The van der Waals surface area contributed by atoms with Crippen molar-refractivity contribution in [1.82, 2.24) is 19.7 Å². The van der Waals surface area contributed by atoms with E-state index in [4.69, 9.17) is 0 Å². The van der Waals surface area contributed by atoms with Crippen molar-refractivity contribution in [2.24, 2.45) is 0 Å². The fourth-order valence-electron chi connectivity index (χ4n) is 2.90. The zero-order chi connectivity index (χ0) is 18.6. The summed E-state index contributed by atoms with van der Waals surface area (Å²) in [7, 11) is 0. The molecular formula is C21H17FN4O. The molecule has 0 saturated heterocycles. The number of carbonyl (C=O) groups excluding carboxylic acids is 1. The molecule has 0 unspecified atom stereocenters. The van der Waals surface area contributed by atoms with Gasteiger partial charge in [0.05, 0.1) is 11.9 Å². The van der Waals surface area contributed by atoms with Crippen LogP contribution in [0.2, 0.25) is 0 Å². The predicted octanol–water partition coefficient (Wildman–Crippen LogP) is 3.73. The largest absolute Gasteiger partial charge is 0.348 e. The Kier molecular flexibility index (Phi) is 4.53. The van der Waals surface area contributed by atoms with Crippen LogP contribution in [0, 0.1) is 5.82 Å². The predicted molar refractivity (Wildman–Crippen MR) is 100 cm³/mol. The van der Waals surface area contributed by atoms with Crippen molar-refractivity contribution in [2.45, 2.75) is 6.54 Å². The molecule has 1 amide bonds. The first-order chi connectivity index (χ1) is 13.2. The Balaban J connectivity index is 1.69. The highest BCUT2D eigenvalue weighted by molar-refractivity contribution is 5.97. The average Bonchev–Trinajstić information content (AvgIpc) is 3.36. The van der Waals surface area contributed by atoms with E-state index in [2.05, 4.69) is 10.4 Å². The minimum Gasteiger partial charge on any atom is -0.348 e. The summed E-state index contributed by atoms with van der Waals surface area (Å²) >= 11 is 0. The van der Waals surface area contributed by atoms with Gasteiger partial charge in [0.15, 0.2) is 5.82 Å². The highest BCUT2D eigenvalue weighted by Crippen LogP contribution is 2.20. The molecule has 134 valence electrons. The molecule has 0 radical (unpaired) electrons. The van der Waals surface area contributed by atoms with Crippen molar-refractivity contribution in [3.05, 3.63) is 102 Å². The number of hydrogen-bond donors (Lipinski definition) is 1. The van der Waals surface area contributed by atoms with Gasteiger partial charge >= 0.3 is 0 Å². The quantitative estimate of drug-likeness (QED) is 0.590. The van der Waals surface area contributed by atoms with E-state index < -0.39 is 0 Å². The molecule has 0 fully saturated rings. The topological polar surface area (TPSA) is 51.9 Å². The van der Waals surface area contributed by atoms with Crippen molar-refractivity contribution in [1.29, 1.82) is 0 Å². The van der Waals surface area contributed by atoms with E-state index in [1.165, 1.54) is 18.3 Å². The summed E-state index contributed by atoms with van der Waals surface area (Å²) in [6.07, 6.45) is 5.14. The number of rotatable bonds is 5. The zero-order valence-corrected chi connectivity index (χ0v) is 14.4. The maximum absolute atomic E-state index is 13.7. The molecule has 0 aliphatic rings. The van der Waals surface area contributed by atoms with E-state index in [9.17, 15) is 9.18 Å². The Labute approximate surface area is 155 Å². The average molecular weight is 360 g/mol. The van der Waals surface area contributed by atoms with Gasteiger partial charge in [-0.25, -0.2) is 9.07 Å². The Morgan fingerprint density at radius 1 is 1.00 bits per heavy atom. The highest BCUT2D eigenvalue weighted by atomic mass is 19.1. The van der Waals surface area contributed by atoms with Crippen LogP contribution in [0.15, 0.2) is 85.3 Å². The fourth-order valence-corrected chi connectivity index (χ4v) is 2.90. The van der Waals surface area contributed by atoms with E-state index in [1.54, 1.807) is 21.4 Å². The van der Waals surface area contributed by atoms with Crippen molar-refractivity contribution in [2.75, 3.05) is 0 Å². The molecule has 6 heteroatoms. The monoisotopic (exact) mass is 360 g/mol. The molecule has 27 heavy (non-hydrogen) atoms. The molecule has 0 spiro atoms. The smallest absolute Gasteiger partial charge is 0.256 e. The summed E-state index contributed by atoms with van der Waals surface area (Å²) in [6, 6.07) is 19.5. The lowest BCUT2D eigenvalue weighted by Crippen LogP contribution is -2.24. The van der Waals surface area contributed by atoms with Crippen molar-refractivity contribution in [3.63, 3.8) is 0 Å². The number of amides is 1. The van der Waals surface area contributed by atoms with Crippen LogP contribution in [0.25, 0.3) is 11.5 Å². The van der Waals surface area contributed by atoms with Crippen LogP contribution in [0.1, 0.15) is 15.9 Å².